The lowest BCUT2D eigenvalue weighted by Gasteiger charge is -2.08. The van der Waals surface area contributed by atoms with Crippen LogP contribution in [0, 0.1) is 6.92 Å². The molecule has 1 aromatic heterocycles. The number of hydrogen-bond donors (Lipinski definition) is 1. The van der Waals surface area contributed by atoms with Crippen LogP contribution in [0.1, 0.15) is 22.5 Å². The van der Waals surface area contributed by atoms with Gasteiger partial charge in [0.25, 0.3) is 0 Å². The topological polar surface area (TPSA) is 74.4 Å². The summed E-state index contributed by atoms with van der Waals surface area (Å²) in [5, 5.41) is 0. The van der Waals surface area contributed by atoms with E-state index in [0.29, 0.717) is 36.6 Å². The number of para-hydroxylation sites is 1. The van der Waals surface area contributed by atoms with Crippen LogP contribution in [0.25, 0.3) is 0 Å². The predicted molar refractivity (Wildman–Crippen MR) is 80.2 cm³/mol. The molecule has 5 heteroatoms. The minimum absolute atomic E-state index is 0.292. The van der Waals surface area contributed by atoms with E-state index >= 15 is 0 Å². The molecule has 0 spiro atoms. The van der Waals surface area contributed by atoms with Crippen LogP contribution in [0.15, 0.2) is 42.6 Å². The Morgan fingerprint density at radius 3 is 2.76 bits per heavy atom. The van der Waals surface area contributed by atoms with Crippen LogP contribution in [0.2, 0.25) is 0 Å². The molecular weight excluding hydrogens is 268 g/mol. The first-order valence-corrected chi connectivity index (χ1v) is 6.74. The molecule has 0 bridgehead atoms. The summed E-state index contributed by atoms with van der Waals surface area (Å²) < 4.78 is 10.7. The van der Waals surface area contributed by atoms with Gasteiger partial charge in [0.2, 0.25) is 0 Å². The number of rotatable bonds is 6. The fraction of sp³-hybridized carbons (Fsp3) is 0.250. The average molecular weight is 286 g/mol. The lowest BCUT2D eigenvalue weighted by atomic mass is 10.2. The van der Waals surface area contributed by atoms with Gasteiger partial charge in [-0.15, -0.1) is 0 Å². The molecule has 0 unspecified atom stereocenters. The normalized spacial score (nSPS) is 10.1. The number of carbonyl (C=O) groups excluding carboxylic acids is 1. The molecule has 0 fully saturated rings. The summed E-state index contributed by atoms with van der Waals surface area (Å²) in [5.41, 5.74) is 7.07. The molecule has 2 aromatic rings. The van der Waals surface area contributed by atoms with Crippen molar-refractivity contribution in [3.05, 3.63) is 53.9 Å². The second-order valence-corrected chi connectivity index (χ2v) is 4.55. The molecule has 0 aliphatic rings. The van der Waals surface area contributed by atoms with Gasteiger partial charge < -0.3 is 15.2 Å². The number of carbonyl (C=O) groups is 1. The van der Waals surface area contributed by atoms with E-state index in [2.05, 4.69) is 4.98 Å². The van der Waals surface area contributed by atoms with Crippen molar-refractivity contribution in [2.24, 2.45) is 0 Å². The van der Waals surface area contributed by atoms with Gasteiger partial charge in [-0.05, 0) is 25.1 Å². The monoisotopic (exact) mass is 286 g/mol. The maximum Gasteiger partial charge on any atom is 0.340 e. The Morgan fingerprint density at radius 1 is 1.24 bits per heavy atom. The van der Waals surface area contributed by atoms with Gasteiger partial charge >= 0.3 is 5.97 Å². The number of ether oxygens (including phenoxy) is 2. The van der Waals surface area contributed by atoms with Gasteiger partial charge in [-0.2, -0.15) is 0 Å². The number of nitrogens with zero attached hydrogens (tertiary/aromatic N) is 1. The number of anilines is 1. The van der Waals surface area contributed by atoms with E-state index in [1.807, 2.05) is 30.3 Å². The molecule has 0 saturated carbocycles. The molecule has 21 heavy (non-hydrogen) atoms. The Hall–Kier alpha value is -2.56. The highest BCUT2D eigenvalue weighted by Crippen LogP contribution is 2.11. The van der Waals surface area contributed by atoms with Crippen molar-refractivity contribution >= 4 is 11.7 Å². The van der Waals surface area contributed by atoms with Crippen molar-refractivity contribution < 1.29 is 14.3 Å². The molecule has 1 aromatic carbocycles. The minimum Gasteiger partial charge on any atom is -0.493 e. The van der Waals surface area contributed by atoms with Crippen LogP contribution >= 0.6 is 0 Å². The number of pyridine rings is 1. The maximum atomic E-state index is 11.9. The quantitative estimate of drug-likeness (QED) is 0.652. The molecule has 0 saturated heterocycles. The van der Waals surface area contributed by atoms with E-state index in [4.69, 9.17) is 15.2 Å². The molecule has 0 aliphatic carbocycles. The summed E-state index contributed by atoms with van der Waals surface area (Å²) in [5.74, 6) is 0.395. The predicted octanol–water partition coefficient (Wildman–Crippen LogP) is 2.60. The Bertz CT molecular complexity index is 600. The summed E-state index contributed by atoms with van der Waals surface area (Å²) in [4.78, 5) is 15.9. The van der Waals surface area contributed by atoms with E-state index < -0.39 is 5.97 Å². The average Bonchev–Trinajstić information content (AvgIpc) is 2.50. The van der Waals surface area contributed by atoms with Crippen molar-refractivity contribution in [1.29, 1.82) is 0 Å². The van der Waals surface area contributed by atoms with Crippen molar-refractivity contribution in [3.8, 4) is 5.75 Å². The van der Waals surface area contributed by atoms with Crippen molar-refractivity contribution in [3.63, 3.8) is 0 Å². The van der Waals surface area contributed by atoms with Crippen molar-refractivity contribution in [2.75, 3.05) is 18.9 Å². The molecule has 0 amide bonds. The van der Waals surface area contributed by atoms with Gasteiger partial charge in [-0.3, -0.25) is 4.98 Å². The second kappa shape index (κ2) is 7.28. The highest BCUT2D eigenvalue weighted by Gasteiger charge is 2.11. The molecule has 0 atom stereocenters. The van der Waals surface area contributed by atoms with Crippen LogP contribution in [0.5, 0.6) is 5.75 Å². The number of aryl methyl sites for hydroxylation is 1. The van der Waals surface area contributed by atoms with Crippen LogP contribution in [0.3, 0.4) is 0 Å². The largest absolute Gasteiger partial charge is 0.493 e. The molecule has 0 aliphatic heterocycles. The van der Waals surface area contributed by atoms with Crippen LogP contribution in [-0.4, -0.2) is 24.2 Å². The molecular formula is C16H18N2O3. The molecule has 0 radical (unpaired) electrons. The number of aromatic nitrogens is 1. The van der Waals surface area contributed by atoms with Gasteiger partial charge in [0, 0.05) is 6.42 Å². The molecule has 2 rings (SSSR count). The highest BCUT2D eigenvalue weighted by molar-refractivity contribution is 5.91. The molecule has 1 heterocycles. The maximum absolute atomic E-state index is 11.9. The minimum atomic E-state index is -0.410. The summed E-state index contributed by atoms with van der Waals surface area (Å²) in [7, 11) is 0. The molecule has 5 nitrogen and oxygen atoms in total. The Labute approximate surface area is 123 Å². The van der Waals surface area contributed by atoms with E-state index in [9.17, 15) is 4.79 Å². The van der Waals surface area contributed by atoms with Gasteiger partial charge in [0.15, 0.2) is 0 Å². The van der Waals surface area contributed by atoms with Crippen LogP contribution in [-0.2, 0) is 4.74 Å². The molecule has 110 valence electrons. The number of hydrogen-bond acceptors (Lipinski definition) is 5. The van der Waals surface area contributed by atoms with E-state index in [1.54, 1.807) is 13.0 Å². The fourth-order valence-electron chi connectivity index (χ4n) is 1.76. The SMILES string of the molecule is Cc1ncc(N)cc1C(=O)OCCCOc1ccccc1. The smallest absolute Gasteiger partial charge is 0.340 e. The summed E-state index contributed by atoms with van der Waals surface area (Å²) >= 11 is 0. The first kappa shape index (κ1) is 14.8. The Morgan fingerprint density at radius 2 is 2.00 bits per heavy atom. The number of benzene rings is 1. The number of nitrogen functional groups attached to an aromatic ring is 1. The third kappa shape index (κ3) is 4.49. The number of nitrogens with two attached hydrogens (primary N) is 1. The summed E-state index contributed by atoms with van der Waals surface area (Å²) in [6.07, 6.45) is 2.13. The Kier molecular flexibility index (Phi) is 5.15. The zero-order valence-corrected chi connectivity index (χ0v) is 11.9. The van der Waals surface area contributed by atoms with Gasteiger partial charge in [0.05, 0.1) is 36.4 Å². The van der Waals surface area contributed by atoms with Gasteiger partial charge in [0.1, 0.15) is 5.75 Å². The lowest BCUT2D eigenvalue weighted by Crippen LogP contribution is -2.11. The van der Waals surface area contributed by atoms with Crippen LogP contribution in [0.4, 0.5) is 5.69 Å². The van der Waals surface area contributed by atoms with Crippen molar-refractivity contribution in [1.82, 2.24) is 4.98 Å². The van der Waals surface area contributed by atoms with Crippen LogP contribution < -0.4 is 10.5 Å². The molecule has 2 N–H and O–H groups in total. The van der Waals surface area contributed by atoms with Gasteiger partial charge in [-0.25, -0.2) is 4.79 Å². The third-order valence-electron chi connectivity index (χ3n) is 2.86. The van der Waals surface area contributed by atoms with Crippen molar-refractivity contribution in [2.45, 2.75) is 13.3 Å². The third-order valence-corrected chi connectivity index (χ3v) is 2.86. The first-order chi connectivity index (χ1) is 10.2. The van der Waals surface area contributed by atoms with E-state index in [1.165, 1.54) is 6.20 Å². The zero-order chi connectivity index (χ0) is 15.1. The van der Waals surface area contributed by atoms with E-state index in [0.717, 1.165) is 5.75 Å². The van der Waals surface area contributed by atoms with Gasteiger partial charge in [-0.1, -0.05) is 18.2 Å². The lowest BCUT2D eigenvalue weighted by molar-refractivity contribution is 0.0484. The van der Waals surface area contributed by atoms with E-state index in [-0.39, 0.29) is 0 Å². The number of esters is 1. The highest BCUT2D eigenvalue weighted by atomic mass is 16.5. The Balaban J connectivity index is 1.73. The zero-order valence-electron chi connectivity index (χ0n) is 11.9. The fourth-order valence-corrected chi connectivity index (χ4v) is 1.76. The standard InChI is InChI=1S/C16H18N2O3/c1-12-15(10-13(17)11-18-12)16(19)21-9-5-8-20-14-6-3-2-4-7-14/h2-4,6-7,10-11H,5,8-9,17H2,1H3. The second-order valence-electron chi connectivity index (χ2n) is 4.55. The summed E-state index contributed by atoms with van der Waals surface area (Å²) in [6.45, 7) is 2.53. The first-order valence-electron chi connectivity index (χ1n) is 6.74. The summed E-state index contributed by atoms with van der Waals surface area (Å²) in [6, 6.07) is 11.1.